The molecule has 1 fully saturated rings. The highest BCUT2D eigenvalue weighted by Gasteiger charge is 2.21. The summed E-state index contributed by atoms with van der Waals surface area (Å²) in [6.07, 6.45) is -0.0455. The van der Waals surface area contributed by atoms with E-state index in [9.17, 15) is 4.79 Å². The summed E-state index contributed by atoms with van der Waals surface area (Å²) < 4.78 is 7.71. The minimum atomic E-state index is -0.0455. The van der Waals surface area contributed by atoms with E-state index in [2.05, 4.69) is 15.2 Å². The van der Waals surface area contributed by atoms with Crippen molar-refractivity contribution in [3.8, 4) is 0 Å². The van der Waals surface area contributed by atoms with Crippen LogP contribution in [0.3, 0.4) is 0 Å². The van der Waals surface area contributed by atoms with Gasteiger partial charge in [0, 0.05) is 31.9 Å². The summed E-state index contributed by atoms with van der Waals surface area (Å²) in [5.41, 5.74) is 8.53. The molecule has 2 aromatic carbocycles. The highest BCUT2D eigenvalue weighted by atomic mass is 35.5. The van der Waals surface area contributed by atoms with Gasteiger partial charge in [-0.05, 0) is 35.9 Å². The van der Waals surface area contributed by atoms with E-state index in [4.69, 9.17) is 33.7 Å². The van der Waals surface area contributed by atoms with Gasteiger partial charge in [0.05, 0.1) is 38.7 Å². The van der Waals surface area contributed by atoms with E-state index in [-0.39, 0.29) is 12.0 Å². The number of benzene rings is 2. The van der Waals surface area contributed by atoms with Gasteiger partial charge in [-0.1, -0.05) is 41.0 Å². The Balaban J connectivity index is 1.22. The topological polar surface area (TPSA) is 80.5 Å². The summed E-state index contributed by atoms with van der Waals surface area (Å²) in [5, 5.41) is 4.09. The summed E-state index contributed by atoms with van der Waals surface area (Å²) in [6.45, 7) is 3.46. The molecule has 3 N–H and O–H groups in total. The molecule has 1 aromatic heterocycles. The molecule has 1 atom stereocenters. The fourth-order valence-corrected chi connectivity index (χ4v) is 5.60. The molecule has 0 radical (unpaired) electrons. The Morgan fingerprint density at radius 3 is 3.00 bits per heavy atom. The Kier molecular flexibility index (Phi) is 7.58. The lowest BCUT2D eigenvalue weighted by Gasteiger charge is -2.33. The van der Waals surface area contributed by atoms with E-state index >= 15 is 0 Å². The Labute approximate surface area is 199 Å². The molecule has 4 rings (SSSR count). The van der Waals surface area contributed by atoms with Crippen LogP contribution < -0.4 is 11.1 Å². The predicted octanol–water partition coefficient (Wildman–Crippen LogP) is 4.29. The zero-order chi connectivity index (χ0) is 21.8. The van der Waals surface area contributed by atoms with E-state index in [1.807, 2.05) is 36.4 Å². The monoisotopic (exact) mass is 496 g/mol. The second-order valence-electron chi connectivity index (χ2n) is 7.28. The molecule has 1 aliphatic rings. The van der Waals surface area contributed by atoms with Crippen molar-refractivity contribution in [3.63, 3.8) is 0 Å². The molecular weight excluding hydrogens is 475 g/mol. The van der Waals surface area contributed by atoms with Crippen LogP contribution in [-0.2, 0) is 16.1 Å². The molecule has 0 saturated carbocycles. The maximum absolute atomic E-state index is 12.3. The molecule has 2 heterocycles. The van der Waals surface area contributed by atoms with Gasteiger partial charge in [0.1, 0.15) is 0 Å². The van der Waals surface area contributed by atoms with Gasteiger partial charge >= 0.3 is 0 Å². The first kappa shape index (κ1) is 22.6. The number of anilines is 1. The maximum Gasteiger partial charge on any atom is 0.230 e. The largest absolute Gasteiger partial charge is 0.399 e. The summed E-state index contributed by atoms with van der Waals surface area (Å²) in [4.78, 5) is 19.1. The number of nitrogens with one attached hydrogen (secondary N) is 1. The number of fused-ring (bicyclic) bond motifs is 1. The fraction of sp³-hybridized carbons (Fsp3) is 0.333. The highest BCUT2D eigenvalue weighted by Crippen LogP contribution is 2.30. The molecule has 1 unspecified atom stereocenters. The zero-order valence-electron chi connectivity index (χ0n) is 16.6. The predicted molar refractivity (Wildman–Crippen MR) is 129 cm³/mol. The van der Waals surface area contributed by atoms with Crippen LogP contribution in [0.25, 0.3) is 10.2 Å². The molecule has 0 bridgehead atoms. The number of nitrogens with two attached hydrogens (primary N) is 1. The number of aromatic nitrogens is 1. The second-order valence-corrected chi connectivity index (χ2v) is 10.3. The summed E-state index contributed by atoms with van der Waals surface area (Å²) in [5.74, 6) is 0.281. The minimum absolute atomic E-state index is 0.0334. The number of thioether (sulfide) groups is 1. The van der Waals surface area contributed by atoms with Gasteiger partial charge in [0.25, 0.3) is 0 Å². The molecule has 1 amide bonds. The number of rotatable bonds is 7. The average Bonchev–Trinajstić information content (AvgIpc) is 3.16. The molecular formula is C21H22Cl2N4O2S2. The van der Waals surface area contributed by atoms with Crippen molar-refractivity contribution in [2.24, 2.45) is 0 Å². The third-order valence-electron chi connectivity index (χ3n) is 4.86. The van der Waals surface area contributed by atoms with Crippen LogP contribution in [0, 0.1) is 0 Å². The number of ether oxygens (including phenoxy) is 1. The number of hydrogen-bond acceptors (Lipinski definition) is 7. The Morgan fingerprint density at radius 1 is 1.29 bits per heavy atom. The van der Waals surface area contributed by atoms with Gasteiger partial charge < -0.3 is 15.8 Å². The van der Waals surface area contributed by atoms with Gasteiger partial charge in [0.2, 0.25) is 5.91 Å². The van der Waals surface area contributed by atoms with E-state index < -0.39 is 0 Å². The Morgan fingerprint density at radius 2 is 2.16 bits per heavy atom. The van der Waals surface area contributed by atoms with Gasteiger partial charge in [-0.3, -0.25) is 9.69 Å². The van der Waals surface area contributed by atoms with Crippen LogP contribution in [0.2, 0.25) is 10.0 Å². The SMILES string of the molecule is Nc1ccc2nc(SCC(=O)NCC3CN(Cc4ccc(Cl)c(Cl)c4)CCO3)sc2c1. The van der Waals surface area contributed by atoms with Crippen molar-refractivity contribution in [1.82, 2.24) is 15.2 Å². The van der Waals surface area contributed by atoms with E-state index in [1.54, 1.807) is 11.3 Å². The molecule has 0 spiro atoms. The van der Waals surface area contributed by atoms with E-state index in [1.165, 1.54) is 11.8 Å². The standard InChI is InChI=1S/C21H22Cl2N4O2S2/c22-16-3-1-13(7-17(16)23)10-27-5-6-29-15(11-27)9-25-20(28)12-30-21-26-18-4-2-14(24)8-19(18)31-21/h1-4,7-8,15H,5-6,9-12,24H2,(H,25,28). The normalized spacial score (nSPS) is 17.2. The van der Waals surface area contributed by atoms with Crippen molar-refractivity contribution < 1.29 is 9.53 Å². The number of amides is 1. The molecule has 1 aliphatic heterocycles. The molecule has 164 valence electrons. The third-order valence-corrected chi connectivity index (χ3v) is 7.76. The number of nitrogen functional groups attached to an aromatic ring is 1. The first-order valence-corrected chi connectivity index (χ1v) is 12.4. The number of thiazole rings is 1. The summed E-state index contributed by atoms with van der Waals surface area (Å²) in [6, 6.07) is 11.3. The molecule has 6 nitrogen and oxygen atoms in total. The Bertz CT molecular complexity index is 1080. The first-order chi connectivity index (χ1) is 15.0. The van der Waals surface area contributed by atoms with Crippen LogP contribution in [0.15, 0.2) is 40.7 Å². The highest BCUT2D eigenvalue weighted by molar-refractivity contribution is 8.01. The molecule has 0 aliphatic carbocycles. The molecule has 3 aromatic rings. The van der Waals surface area contributed by atoms with Gasteiger partial charge in [-0.2, -0.15) is 0 Å². The van der Waals surface area contributed by atoms with Gasteiger partial charge in [-0.15, -0.1) is 11.3 Å². The van der Waals surface area contributed by atoms with Crippen LogP contribution in [0.1, 0.15) is 5.56 Å². The molecule has 1 saturated heterocycles. The number of carbonyl (C=O) groups excluding carboxylic acids is 1. The zero-order valence-corrected chi connectivity index (χ0v) is 19.8. The van der Waals surface area contributed by atoms with Gasteiger partial charge in [-0.25, -0.2) is 4.98 Å². The summed E-state index contributed by atoms with van der Waals surface area (Å²) >= 11 is 15.1. The number of carbonyl (C=O) groups is 1. The molecule has 31 heavy (non-hydrogen) atoms. The average molecular weight is 497 g/mol. The molecule has 10 heteroatoms. The van der Waals surface area contributed by atoms with Crippen molar-refractivity contribution in [2.45, 2.75) is 17.0 Å². The minimum Gasteiger partial charge on any atom is -0.399 e. The van der Waals surface area contributed by atoms with Crippen molar-refractivity contribution in [3.05, 3.63) is 52.0 Å². The van der Waals surface area contributed by atoms with Crippen LogP contribution in [-0.4, -0.2) is 53.9 Å². The number of hydrogen-bond donors (Lipinski definition) is 2. The quantitative estimate of drug-likeness (QED) is 0.375. The maximum atomic E-state index is 12.3. The smallest absolute Gasteiger partial charge is 0.230 e. The van der Waals surface area contributed by atoms with E-state index in [0.717, 1.165) is 39.8 Å². The lowest BCUT2D eigenvalue weighted by molar-refractivity contribution is -0.119. The number of nitrogens with zero attached hydrogens (tertiary/aromatic N) is 2. The Hall–Kier alpha value is -1.55. The third kappa shape index (κ3) is 6.25. The second kappa shape index (κ2) is 10.4. The van der Waals surface area contributed by atoms with Crippen LogP contribution >= 0.6 is 46.3 Å². The lowest BCUT2D eigenvalue weighted by Crippen LogP contribution is -2.47. The number of halogens is 2. The summed E-state index contributed by atoms with van der Waals surface area (Å²) in [7, 11) is 0. The van der Waals surface area contributed by atoms with Crippen molar-refractivity contribution in [2.75, 3.05) is 37.7 Å². The van der Waals surface area contributed by atoms with Crippen LogP contribution in [0.4, 0.5) is 5.69 Å². The van der Waals surface area contributed by atoms with Crippen molar-refractivity contribution in [1.29, 1.82) is 0 Å². The first-order valence-electron chi connectivity index (χ1n) is 9.80. The van der Waals surface area contributed by atoms with Crippen LogP contribution in [0.5, 0.6) is 0 Å². The number of morpholine rings is 1. The van der Waals surface area contributed by atoms with E-state index in [0.29, 0.717) is 34.6 Å². The van der Waals surface area contributed by atoms with Gasteiger partial charge in [0.15, 0.2) is 4.34 Å². The lowest BCUT2D eigenvalue weighted by atomic mass is 10.2. The fourth-order valence-electron chi connectivity index (χ4n) is 3.33. The van der Waals surface area contributed by atoms with Crippen molar-refractivity contribution >= 4 is 68.1 Å².